The Morgan fingerprint density at radius 3 is 1.05 bits per heavy atom. The van der Waals surface area contributed by atoms with Crippen LogP contribution in [0.1, 0.15) is 151 Å². The smallest absolute Gasteiger partial charge is 0.329 e. The zero-order valence-corrected chi connectivity index (χ0v) is 54.7. The first-order valence-corrected chi connectivity index (χ1v) is 30.3. The summed E-state index contributed by atoms with van der Waals surface area (Å²) in [4.78, 5) is 123. The second-order valence-electron chi connectivity index (χ2n) is 25.3. The van der Waals surface area contributed by atoms with Crippen LogP contribution in [0.25, 0.3) is 0 Å². The van der Waals surface area contributed by atoms with E-state index in [0.717, 1.165) is 54.8 Å². The molecule has 4 amide bonds. The van der Waals surface area contributed by atoms with Gasteiger partial charge in [0, 0.05) is 52.4 Å². The molecular formula is C66H96N8O12. The van der Waals surface area contributed by atoms with E-state index < -0.39 is 96.1 Å². The van der Waals surface area contributed by atoms with Crippen molar-refractivity contribution in [2.75, 3.05) is 28.2 Å². The van der Waals surface area contributed by atoms with Gasteiger partial charge in [0.05, 0.1) is 24.5 Å². The summed E-state index contributed by atoms with van der Waals surface area (Å²) in [6.07, 6.45) is -6.02. The molecule has 1 saturated heterocycles. The maximum atomic E-state index is 15.2. The lowest BCUT2D eigenvalue weighted by Gasteiger charge is -2.35. The van der Waals surface area contributed by atoms with Crippen molar-refractivity contribution in [1.82, 2.24) is 39.2 Å². The summed E-state index contributed by atoms with van der Waals surface area (Å²) in [5.41, 5.74) is 9.06. The number of ether oxygens (including phenoxy) is 4. The zero-order valence-electron chi connectivity index (χ0n) is 54.7. The fourth-order valence-electron chi connectivity index (χ4n) is 10.8. The van der Waals surface area contributed by atoms with Gasteiger partial charge in [0.15, 0.2) is 24.4 Å². The second-order valence-corrected chi connectivity index (χ2v) is 25.3. The number of nitrogens with zero attached hydrogens (tertiary/aromatic N) is 8. The Hall–Kier alpha value is -7.38. The molecule has 1 aliphatic rings. The molecular weight excluding hydrogens is 1100 g/mol. The number of hydrogen-bond acceptors (Lipinski definition) is 14. The van der Waals surface area contributed by atoms with E-state index in [1.165, 1.54) is 51.8 Å². The SMILES string of the molecule is Cc1nn(Cc2ccc(C[C@H]3OC(=O)[C@H](CC(C)C)N(C)C(=O)[C@@H](C)OC(=O)[C@H](CC(C)C)N(C)C(=O)[C@@H](Cc4cccc(Cn5nc(C)c(C)c5C)c4)OC(=O)[C@H](CC(C)C)N(C)C(=O)[C@@H](C)OC(=O)[C@H](CC(C)C)N(C)C3=O)cc2)c(C)c1C. The van der Waals surface area contributed by atoms with Crippen molar-refractivity contribution in [1.29, 1.82) is 0 Å². The van der Waals surface area contributed by atoms with Crippen molar-refractivity contribution >= 4 is 47.5 Å². The maximum Gasteiger partial charge on any atom is 0.329 e. The number of carbonyl (C=O) groups is 8. The minimum atomic E-state index is -1.55. The van der Waals surface area contributed by atoms with Gasteiger partial charge in [0.1, 0.15) is 24.2 Å². The molecule has 472 valence electrons. The molecule has 2 aromatic heterocycles. The lowest BCUT2D eigenvalue weighted by Crippen LogP contribution is -2.55. The van der Waals surface area contributed by atoms with Gasteiger partial charge < -0.3 is 38.5 Å². The van der Waals surface area contributed by atoms with Crippen LogP contribution in [0.5, 0.6) is 0 Å². The topological polar surface area (TPSA) is 222 Å². The number of esters is 4. The lowest BCUT2D eigenvalue weighted by molar-refractivity contribution is -0.176. The van der Waals surface area contributed by atoms with E-state index in [2.05, 4.69) is 5.10 Å². The van der Waals surface area contributed by atoms with E-state index in [-0.39, 0.29) is 62.2 Å². The Bertz CT molecular complexity index is 3040. The summed E-state index contributed by atoms with van der Waals surface area (Å²) in [6, 6.07) is 9.74. The van der Waals surface area contributed by atoms with Crippen molar-refractivity contribution in [2.45, 2.75) is 211 Å². The number of hydrogen-bond donors (Lipinski definition) is 0. The van der Waals surface area contributed by atoms with Crippen LogP contribution in [-0.4, -0.2) is 163 Å². The Morgan fingerprint density at radius 1 is 0.407 bits per heavy atom. The lowest BCUT2D eigenvalue weighted by atomic mass is 9.99. The predicted molar refractivity (Wildman–Crippen MR) is 326 cm³/mol. The van der Waals surface area contributed by atoms with Crippen LogP contribution in [-0.2, 0) is 83.2 Å². The number of aromatic nitrogens is 4. The Kier molecular flexibility index (Phi) is 24.5. The molecule has 3 heterocycles. The van der Waals surface area contributed by atoms with Crippen LogP contribution in [0.2, 0.25) is 0 Å². The molecule has 0 aliphatic carbocycles. The summed E-state index contributed by atoms with van der Waals surface area (Å²) in [5.74, 6) is -7.43. The first-order valence-electron chi connectivity index (χ1n) is 30.3. The fourth-order valence-corrected chi connectivity index (χ4v) is 10.8. The molecule has 5 rings (SSSR count). The summed E-state index contributed by atoms with van der Waals surface area (Å²) >= 11 is 0. The minimum absolute atomic E-state index is 0.0795. The average molecular weight is 1190 g/mol. The molecule has 8 atom stereocenters. The van der Waals surface area contributed by atoms with Gasteiger partial charge >= 0.3 is 23.9 Å². The van der Waals surface area contributed by atoms with Gasteiger partial charge in [-0.25, -0.2) is 19.2 Å². The van der Waals surface area contributed by atoms with E-state index in [1.54, 1.807) is 6.07 Å². The van der Waals surface area contributed by atoms with Gasteiger partial charge in [-0.1, -0.05) is 104 Å². The highest BCUT2D eigenvalue weighted by Crippen LogP contribution is 2.26. The standard InChI is InChI=1S/C66H96N8O12/c1-37(2)28-53-63(79)83-48(16)60(76)70(18)56(31-40(7)8)66(82)86-58(34-51-22-21-23-52(32-51)36-74-46(14)42(10)44(12)68-74)62(78)72(20)54(29-38(3)4)64(80)84-47(15)59(75)69(17)55(30-39(5)6)65(81)85-57(61(77)71(53)19)33-49-24-26-50(27-25-49)35-73-45(13)41(9)43(11)67-73/h21-27,32,37-40,47-48,53-58H,28-31,33-36H2,1-20H3/t47-,48-,53+,54+,55+,56+,57-,58-/m1/s1. The average Bonchev–Trinajstić information content (AvgIpc) is 3.73. The number of rotatable bonds is 16. The van der Waals surface area contributed by atoms with Gasteiger partial charge in [-0.2, -0.15) is 10.2 Å². The molecule has 0 radical (unpaired) electrons. The molecule has 20 nitrogen and oxygen atoms in total. The molecule has 0 N–H and O–H groups in total. The molecule has 1 aliphatic heterocycles. The monoisotopic (exact) mass is 1190 g/mol. The van der Waals surface area contributed by atoms with Gasteiger partial charge in [0.2, 0.25) is 0 Å². The van der Waals surface area contributed by atoms with E-state index in [0.29, 0.717) is 24.2 Å². The van der Waals surface area contributed by atoms with Crippen molar-refractivity contribution in [3.8, 4) is 0 Å². The number of likely N-dealkylation sites (N-methyl/N-ethyl adjacent to an activating group) is 4. The zero-order chi connectivity index (χ0) is 64.3. The molecule has 0 unspecified atom stereocenters. The van der Waals surface area contributed by atoms with E-state index >= 15 is 9.59 Å². The van der Waals surface area contributed by atoms with Crippen molar-refractivity contribution < 1.29 is 57.3 Å². The molecule has 0 saturated carbocycles. The molecule has 2 aromatic carbocycles. The van der Waals surface area contributed by atoms with Gasteiger partial charge in [0.25, 0.3) is 23.6 Å². The largest absolute Gasteiger partial charge is 0.451 e. The maximum absolute atomic E-state index is 15.2. The third-order valence-electron chi connectivity index (χ3n) is 16.5. The van der Waals surface area contributed by atoms with Gasteiger partial charge in [-0.3, -0.25) is 28.5 Å². The first-order chi connectivity index (χ1) is 40.2. The van der Waals surface area contributed by atoms with Crippen LogP contribution in [0.3, 0.4) is 0 Å². The second kappa shape index (κ2) is 30.3. The molecule has 0 spiro atoms. The van der Waals surface area contributed by atoms with E-state index in [4.69, 9.17) is 24.0 Å². The minimum Gasteiger partial charge on any atom is -0.451 e. The highest BCUT2D eigenvalue weighted by Gasteiger charge is 2.43. The number of carbonyl (C=O) groups excluding carboxylic acids is 8. The van der Waals surface area contributed by atoms with Crippen LogP contribution < -0.4 is 0 Å². The highest BCUT2D eigenvalue weighted by atomic mass is 16.6. The quantitative estimate of drug-likeness (QED) is 0.0766. The molecule has 4 aromatic rings. The third-order valence-corrected chi connectivity index (χ3v) is 16.5. The Balaban J connectivity index is 1.61. The van der Waals surface area contributed by atoms with Crippen LogP contribution in [0, 0.1) is 65.2 Å². The predicted octanol–water partition coefficient (Wildman–Crippen LogP) is 8.00. The summed E-state index contributed by atoms with van der Waals surface area (Å²) < 4.78 is 28.2. The third kappa shape index (κ3) is 17.9. The number of aryl methyl sites for hydroxylation is 2. The summed E-state index contributed by atoms with van der Waals surface area (Å²) in [6.45, 7) is 30.4. The van der Waals surface area contributed by atoms with Gasteiger partial charge in [-0.15, -0.1) is 0 Å². The van der Waals surface area contributed by atoms with Crippen molar-refractivity contribution in [3.63, 3.8) is 0 Å². The highest BCUT2D eigenvalue weighted by molar-refractivity contribution is 5.94. The van der Waals surface area contributed by atoms with E-state index in [9.17, 15) is 28.8 Å². The summed E-state index contributed by atoms with van der Waals surface area (Å²) in [5, 5.41) is 9.38. The van der Waals surface area contributed by atoms with Crippen molar-refractivity contribution in [2.24, 2.45) is 23.7 Å². The van der Waals surface area contributed by atoms with Crippen LogP contribution in [0.15, 0.2) is 48.5 Å². The number of amides is 4. The fraction of sp³-hybridized carbons (Fsp3) is 0.606. The Labute approximate surface area is 509 Å². The molecule has 86 heavy (non-hydrogen) atoms. The summed E-state index contributed by atoms with van der Waals surface area (Å²) in [7, 11) is 5.61. The molecule has 20 heteroatoms. The van der Waals surface area contributed by atoms with Crippen molar-refractivity contribution in [3.05, 3.63) is 105 Å². The first kappa shape index (κ1) is 69.4. The normalized spacial score (nSPS) is 22.5. The molecule has 1 fully saturated rings. The van der Waals surface area contributed by atoms with Gasteiger partial charge in [-0.05, 0) is 138 Å². The van der Waals surface area contributed by atoms with Crippen LogP contribution >= 0.6 is 0 Å². The molecule has 0 bridgehead atoms. The number of cyclic esters (lactones) is 4. The van der Waals surface area contributed by atoms with Crippen LogP contribution in [0.4, 0.5) is 0 Å². The van der Waals surface area contributed by atoms with E-state index in [1.807, 2.05) is 149 Å². The number of benzene rings is 2. The Morgan fingerprint density at radius 2 is 0.709 bits per heavy atom.